The molecule has 0 fully saturated rings. The molecule has 0 saturated carbocycles. The molecule has 0 aliphatic rings. The van der Waals surface area contributed by atoms with Crippen molar-refractivity contribution in [3.8, 4) is 0 Å². The van der Waals surface area contributed by atoms with Crippen LogP contribution in [0.5, 0.6) is 0 Å². The smallest absolute Gasteiger partial charge is 0.225 e. The van der Waals surface area contributed by atoms with Crippen LogP contribution in [0, 0.1) is 12.3 Å². The van der Waals surface area contributed by atoms with Crippen molar-refractivity contribution in [1.82, 2.24) is 5.32 Å². The van der Waals surface area contributed by atoms with Gasteiger partial charge in [0.1, 0.15) is 6.42 Å². The molecule has 1 N–H and O–H groups in total. The number of amides is 1. The third-order valence-corrected chi connectivity index (χ3v) is 1.14. The van der Waals surface area contributed by atoms with E-state index in [9.17, 15) is 4.79 Å². The van der Waals surface area contributed by atoms with Gasteiger partial charge in [0.2, 0.25) is 5.91 Å². The molecule has 1 amide bonds. The summed E-state index contributed by atoms with van der Waals surface area (Å²) in [4.78, 5) is 11.1. The molecule has 0 atom stereocenters. The Morgan fingerprint density at radius 1 is 1.50 bits per heavy atom. The fraction of sp³-hybridized carbons (Fsp3) is 0.750. The number of hydrogen-bond acceptors (Lipinski definition) is 1. The van der Waals surface area contributed by atoms with Crippen LogP contribution in [0.15, 0.2) is 0 Å². The third-order valence-electron chi connectivity index (χ3n) is 1.14. The lowest BCUT2D eigenvalue weighted by molar-refractivity contribution is -0.128. The van der Waals surface area contributed by atoms with Gasteiger partial charge >= 0.3 is 0 Å². The second-order valence-electron chi connectivity index (χ2n) is 3.36. The van der Waals surface area contributed by atoms with E-state index < -0.39 is 0 Å². The fourth-order valence-electron chi connectivity index (χ4n) is 0.467. The zero-order valence-corrected chi connectivity index (χ0v) is 7.03. The Balaban J connectivity index is 3.64. The normalized spacial score (nSPS) is 11.1. The van der Waals surface area contributed by atoms with Gasteiger partial charge in [-0.15, -0.1) is 0 Å². The summed E-state index contributed by atoms with van der Waals surface area (Å²) < 4.78 is 0. The third kappa shape index (κ3) is 3.38. The summed E-state index contributed by atoms with van der Waals surface area (Å²) in [5, 5.41) is 2.77. The average Bonchev–Trinajstić information content (AvgIpc) is 1.80. The van der Waals surface area contributed by atoms with Gasteiger partial charge in [-0.25, -0.2) is 0 Å². The Hall–Kier alpha value is -0.660. The first-order chi connectivity index (χ1) is 4.48. The molecule has 0 rings (SSSR count). The first-order valence-corrected chi connectivity index (χ1v) is 3.56. The highest BCUT2D eigenvalue weighted by Crippen LogP contribution is 2.11. The summed E-state index contributed by atoms with van der Waals surface area (Å²) in [5.41, 5.74) is -0.269. The number of rotatable bonds is 2. The van der Waals surface area contributed by atoms with Crippen LogP contribution >= 0.6 is 0 Å². The number of carbonyl (C=O) groups excluding carboxylic acids is 1. The number of nitrogens with one attached hydrogen (secondary N) is 1. The van der Waals surface area contributed by atoms with E-state index >= 15 is 0 Å². The molecule has 0 bridgehead atoms. The molecule has 0 unspecified atom stereocenters. The van der Waals surface area contributed by atoms with Gasteiger partial charge in [0.15, 0.2) is 0 Å². The molecule has 0 aliphatic heterocycles. The van der Waals surface area contributed by atoms with Gasteiger partial charge in [0.05, 0.1) is 13.5 Å². The highest BCUT2D eigenvalue weighted by molar-refractivity contribution is 5.81. The second-order valence-corrected chi connectivity index (χ2v) is 3.36. The molecule has 0 aliphatic carbocycles. The molecule has 0 aromatic carbocycles. The second kappa shape index (κ2) is 3.49. The van der Waals surface area contributed by atoms with E-state index in [1.54, 1.807) is 0 Å². The average molecular weight is 142 g/mol. The Bertz CT molecular complexity index is 113. The van der Waals surface area contributed by atoms with Crippen LogP contribution in [0.4, 0.5) is 0 Å². The van der Waals surface area contributed by atoms with Gasteiger partial charge in [-0.05, 0) is 0 Å². The quantitative estimate of drug-likeness (QED) is 0.580. The van der Waals surface area contributed by atoms with Crippen LogP contribution in [-0.4, -0.2) is 12.5 Å². The van der Waals surface area contributed by atoms with E-state index in [1.165, 1.54) is 0 Å². The van der Waals surface area contributed by atoms with Crippen LogP contribution in [0.2, 0.25) is 0 Å². The first-order valence-electron chi connectivity index (χ1n) is 3.56. The number of hydrogen-bond donors (Lipinski definition) is 1. The zero-order chi connectivity index (χ0) is 8.20. The molecular formula is C8H16NO+. The van der Waals surface area contributed by atoms with Gasteiger partial charge in [-0.2, -0.15) is 0 Å². The Kier molecular flexibility index (Phi) is 3.26. The van der Waals surface area contributed by atoms with Crippen LogP contribution in [0.1, 0.15) is 27.2 Å². The van der Waals surface area contributed by atoms with E-state index in [0.29, 0.717) is 6.54 Å². The van der Waals surface area contributed by atoms with Crippen molar-refractivity contribution >= 4 is 5.91 Å². The lowest BCUT2D eigenvalue weighted by Gasteiger charge is -2.16. The monoisotopic (exact) mass is 142 g/mol. The van der Waals surface area contributed by atoms with Crippen LogP contribution in [-0.2, 0) is 4.79 Å². The molecule has 0 heterocycles. The molecule has 2 heteroatoms. The maximum atomic E-state index is 11.1. The molecule has 0 saturated heterocycles. The van der Waals surface area contributed by atoms with E-state index in [0.717, 1.165) is 6.42 Å². The minimum absolute atomic E-state index is 0.0937. The van der Waals surface area contributed by atoms with Gasteiger partial charge in [0, 0.05) is 5.41 Å². The molecule has 58 valence electrons. The van der Waals surface area contributed by atoms with Crippen molar-refractivity contribution in [3.63, 3.8) is 0 Å². The minimum atomic E-state index is -0.269. The van der Waals surface area contributed by atoms with Gasteiger partial charge in [-0.1, -0.05) is 20.8 Å². The molecular weight excluding hydrogens is 126 g/mol. The Labute approximate surface area is 63.0 Å². The van der Waals surface area contributed by atoms with Crippen molar-refractivity contribution in [2.24, 2.45) is 5.41 Å². The summed E-state index contributed by atoms with van der Waals surface area (Å²) in [6, 6.07) is 0. The van der Waals surface area contributed by atoms with E-state index in [4.69, 9.17) is 0 Å². The topological polar surface area (TPSA) is 29.1 Å². The summed E-state index contributed by atoms with van der Waals surface area (Å²) in [7, 11) is 0. The van der Waals surface area contributed by atoms with E-state index in [2.05, 4.69) is 12.2 Å². The van der Waals surface area contributed by atoms with E-state index in [1.807, 2.05) is 20.8 Å². The highest BCUT2D eigenvalue weighted by Gasteiger charge is 2.19. The molecule has 0 spiro atoms. The standard InChI is InChI=1S/C8H15NO/c1-5-6-9-7(10)8(2,3)4/h1,5-6H2,2-4H3/p+1. The van der Waals surface area contributed by atoms with Gasteiger partial charge < -0.3 is 5.32 Å². The van der Waals surface area contributed by atoms with Crippen molar-refractivity contribution in [2.45, 2.75) is 27.2 Å². The van der Waals surface area contributed by atoms with Gasteiger partial charge in [0.25, 0.3) is 0 Å². The SMILES string of the molecule is [CH2+]CCNC(=O)C(C)(C)C. The maximum absolute atomic E-state index is 11.1. The van der Waals surface area contributed by atoms with E-state index in [-0.39, 0.29) is 11.3 Å². The Morgan fingerprint density at radius 2 is 2.00 bits per heavy atom. The zero-order valence-electron chi connectivity index (χ0n) is 7.03. The molecule has 0 radical (unpaired) electrons. The van der Waals surface area contributed by atoms with Crippen LogP contribution < -0.4 is 5.32 Å². The predicted octanol–water partition coefficient (Wildman–Crippen LogP) is 1.37. The molecule has 2 nitrogen and oxygen atoms in total. The van der Waals surface area contributed by atoms with Crippen LogP contribution in [0.3, 0.4) is 0 Å². The lowest BCUT2D eigenvalue weighted by Crippen LogP contribution is -2.35. The molecule has 10 heavy (non-hydrogen) atoms. The van der Waals surface area contributed by atoms with Crippen molar-refractivity contribution in [2.75, 3.05) is 6.54 Å². The summed E-state index contributed by atoms with van der Waals surface area (Å²) >= 11 is 0. The molecule has 0 aromatic heterocycles. The predicted molar refractivity (Wildman–Crippen MR) is 42.4 cm³/mol. The fourth-order valence-corrected chi connectivity index (χ4v) is 0.467. The Morgan fingerprint density at radius 3 is 2.30 bits per heavy atom. The van der Waals surface area contributed by atoms with Crippen molar-refractivity contribution in [1.29, 1.82) is 0 Å². The molecule has 0 aromatic rings. The lowest BCUT2D eigenvalue weighted by atomic mass is 9.96. The summed E-state index contributed by atoms with van der Waals surface area (Å²) in [6.07, 6.45) is 0.752. The minimum Gasteiger partial charge on any atom is -0.351 e. The number of carbonyl (C=O) groups is 1. The van der Waals surface area contributed by atoms with Crippen molar-refractivity contribution < 1.29 is 4.79 Å². The highest BCUT2D eigenvalue weighted by atomic mass is 16.2. The van der Waals surface area contributed by atoms with Crippen LogP contribution in [0.25, 0.3) is 0 Å². The summed E-state index contributed by atoms with van der Waals surface area (Å²) in [5.74, 6) is 0.0937. The summed E-state index contributed by atoms with van der Waals surface area (Å²) in [6.45, 7) is 9.98. The first kappa shape index (κ1) is 9.34. The largest absolute Gasteiger partial charge is 0.351 e. The van der Waals surface area contributed by atoms with Crippen molar-refractivity contribution in [3.05, 3.63) is 6.92 Å². The maximum Gasteiger partial charge on any atom is 0.225 e. The van der Waals surface area contributed by atoms with Gasteiger partial charge in [-0.3, -0.25) is 4.79 Å².